The lowest BCUT2D eigenvalue weighted by atomic mass is 9.40. The van der Waals surface area contributed by atoms with Crippen LogP contribution in [-0.2, 0) is 23.7 Å². The minimum atomic E-state index is -1.77. The van der Waals surface area contributed by atoms with Gasteiger partial charge in [-0.05, 0) is 110 Å². The molecule has 2 saturated heterocycles. The summed E-state index contributed by atoms with van der Waals surface area (Å²) in [5.41, 5.74) is -4.76. The number of halogens is 1. The van der Waals surface area contributed by atoms with Crippen molar-refractivity contribution in [1.82, 2.24) is 0 Å². The van der Waals surface area contributed by atoms with Gasteiger partial charge in [0.1, 0.15) is 30.6 Å². The van der Waals surface area contributed by atoms with E-state index >= 15 is 4.39 Å². The van der Waals surface area contributed by atoms with Gasteiger partial charge in [-0.15, -0.1) is 0 Å². The fourth-order valence-corrected chi connectivity index (χ4v) is 14.8. The Morgan fingerprint density at radius 1 is 0.980 bits per heavy atom. The maximum absolute atomic E-state index is 16.0. The summed E-state index contributed by atoms with van der Waals surface area (Å²) < 4.78 is 40.6. The van der Waals surface area contributed by atoms with Crippen molar-refractivity contribution >= 4 is 5.97 Å². The van der Waals surface area contributed by atoms with Gasteiger partial charge < -0.3 is 44.5 Å². The van der Waals surface area contributed by atoms with Crippen molar-refractivity contribution < 1.29 is 53.7 Å². The van der Waals surface area contributed by atoms with Crippen molar-refractivity contribution in [1.29, 1.82) is 0 Å². The molecule has 0 aromatic heterocycles. The Hall–Kier alpha value is -0.920. The molecule has 0 bridgehead atoms. The molecule has 7 rings (SSSR count). The molecule has 2 aliphatic heterocycles. The first-order chi connectivity index (χ1) is 23.1. The highest BCUT2D eigenvalue weighted by Gasteiger charge is 2.90. The van der Waals surface area contributed by atoms with E-state index in [1.54, 1.807) is 13.8 Å². The predicted octanol–water partition coefficient (Wildman–Crippen LogP) is 3.91. The molecule has 10 nitrogen and oxygen atoms in total. The second kappa shape index (κ2) is 11.5. The number of aliphatic hydroxyl groups is 5. The first-order valence-corrected chi connectivity index (χ1v) is 19.3. The minimum Gasteiger partial charge on any atom is -0.457 e. The zero-order valence-corrected chi connectivity index (χ0v) is 31.5. The van der Waals surface area contributed by atoms with Crippen LogP contribution in [0.4, 0.5) is 4.39 Å². The van der Waals surface area contributed by atoms with Gasteiger partial charge in [0, 0.05) is 12.3 Å². The van der Waals surface area contributed by atoms with Crippen LogP contribution in [0.3, 0.4) is 0 Å². The molecule has 0 radical (unpaired) electrons. The molecule has 5 aliphatic carbocycles. The molecule has 5 N–H and O–H groups in total. The first kappa shape index (κ1) is 37.4. The maximum Gasteiger partial charge on any atom is 0.303 e. The van der Waals surface area contributed by atoms with E-state index in [1.807, 2.05) is 0 Å². The van der Waals surface area contributed by atoms with Crippen molar-refractivity contribution in [2.45, 2.75) is 167 Å². The van der Waals surface area contributed by atoms with E-state index in [4.69, 9.17) is 18.9 Å². The monoisotopic (exact) mass is 710 g/mol. The molecule has 18 unspecified atom stereocenters. The standard InChI is InChI=1S/C39H63FO10/c1-19-16-23(30(34(6,7)45)48-21(3)41)49-31-27(19)35(8)14-15-38-20(2)37(38)13-12-26(50-32-29(44)28(43)22(42)17-47-32)33(4,5)24(37)10-11-25(38)36(35,9)39(31,46)18-40/h19-20,22-32,42-46H,10-18H2,1-9H3. The predicted molar refractivity (Wildman–Crippen MR) is 180 cm³/mol. The van der Waals surface area contributed by atoms with Gasteiger partial charge in [0.25, 0.3) is 0 Å². The summed E-state index contributed by atoms with van der Waals surface area (Å²) in [6, 6.07) is 0. The van der Waals surface area contributed by atoms with Crippen LogP contribution in [0, 0.1) is 56.7 Å². The molecule has 0 amide bonds. The van der Waals surface area contributed by atoms with Crippen molar-refractivity contribution in [2.75, 3.05) is 13.3 Å². The molecular formula is C39H63FO10. The lowest BCUT2D eigenvalue weighted by Crippen LogP contribution is -2.65. The Kier molecular flexibility index (Phi) is 8.63. The van der Waals surface area contributed by atoms with E-state index in [-0.39, 0.29) is 46.7 Å². The highest BCUT2D eigenvalue weighted by molar-refractivity contribution is 5.66. The number of hydrogen-bond acceptors (Lipinski definition) is 10. The molecule has 18 atom stereocenters. The third-order valence-electron chi connectivity index (χ3n) is 17.1. The second-order valence-corrected chi connectivity index (χ2v) is 19.4. The Labute approximate surface area is 296 Å². The molecule has 7 fully saturated rings. The highest BCUT2D eigenvalue weighted by atomic mass is 19.1. The zero-order chi connectivity index (χ0) is 36.8. The van der Waals surface area contributed by atoms with Crippen LogP contribution >= 0.6 is 0 Å². The number of fused-ring (bicyclic) bond motifs is 4. The molecule has 0 aromatic carbocycles. The number of ether oxygens (including phenoxy) is 4. The quantitative estimate of drug-likeness (QED) is 0.203. The summed E-state index contributed by atoms with van der Waals surface area (Å²) in [6.07, 6.45) is -1.78. The Bertz CT molecular complexity index is 1350. The summed E-state index contributed by atoms with van der Waals surface area (Å²) in [5, 5.41) is 55.0. The largest absolute Gasteiger partial charge is 0.457 e. The molecule has 286 valence electrons. The maximum atomic E-state index is 16.0. The van der Waals surface area contributed by atoms with Gasteiger partial charge >= 0.3 is 5.97 Å². The van der Waals surface area contributed by atoms with Gasteiger partial charge in [0.2, 0.25) is 0 Å². The number of aliphatic hydroxyl groups excluding tert-OH is 3. The smallest absolute Gasteiger partial charge is 0.303 e. The highest BCUT2D eigenvalue weighted by Crippen LogP contribution is 2.92. The molecule has 0 aromatic rings. The first-order valence-electron chi connectivity index (χ1n) is 19.3. The Balaban J connectivity index is 1.21. The zero-order valence-electron chi connectivity index (χ0n) is 31.5. The summed E-state index contributed by atoms with van der Waals surface area (Å²) >= 11 is 0. The van der Waals surface area contributed by atoms with E-state index < -0.39 is 77.6 Å². The fourth-order valence-electron chi connectivity index (χ4n) is 14.8. The van der Waals surface area contributed by atoms with Crippen LogP contribution < -0.4 is 0 Å². The SMILES string of the molecule is CC(=O)OC(C1CC(C)C2C(O1)C(O)(CF)C1(C)C3CCC4C(C)(C)C(OC5OCC(O)C(O)C5O)CCC45C(C)C35CCC21C)C(C)(C)O. The number of alkyl halides is 1. The van der Waals surface area contributed by atoms with E-state index in [1.165, 1.54) is 6.92 Å². The second-order valence-electron chi connectivity index (χ2n) is 19.4. The van der Waals surface area contributed by atoms with Crippen LogP contribution in [0.25, 0.3) is 0 Å². The topological polar surface area (TPSA) is 155 Å². The molecule has 5 saturated carbocycles. The third-order valence-corrected chi connectivity index (χ3v) is 17.1. The van der Waals surface area contributed by atoms with Crippen LogP contribution in [0.2, 0.25) is 0 Å². The number of hydrogen-bond donors (Lipinski definition) is 5. The summed E-state index contributed by atoms with van der Waals surface area (Å²) in [4.78, 5) is 12.1. The molecule has 2 spiro atoms. The van der Waals surface area contributed by atoms with E-state index in [9.17, 15) is 30.3 Å². The van der Waals surface area contributed by atoms with Crippen molar-refractivity contribution in [3.05, 3.63) is 0 Å². The number of esters is 1. The lowest BCUT2D eigenvalue weighted by molar-refractivity contribution is -0.303. The number of carbonyl (C=O) groups is 1. The van der Waals surface area contributed by atoms with Crippen molar-refractivity contribution in [2.24, 2.45) is 56.7 Å². The van der Waals surface area contributed by atoms with Gasteiger partial charge in [0.05, 0.1) is 30.5 Å². The normalized spacial score (nSPS) is 55.8. The average Bonchev–Trinajstić information content (AvgIpc) is 3.51. The fraction of sp³-hybridized carbons (Fsp3) is 0.974. The molecular weight excluding hydrogens is 647 g/mol. The molecule has 11 heteroatoms. The summed E-state index contributed by atoms with van der Waals surface area (Å²) in [7, 11) is 0. The number of rotatable bonds is 6. The van der Waals surface area contributed by atoms with Gasteiger partial charge in [-0.25, -0.2) is 4.39 Å². The summed E-state index contributed by atoms with van der Waals surface area (Å²) in [6.45, 7) is 16.9. The molecule has 7 aliphatic rings. The molecule has 2 heterocycles. The summed E-state index contributed by atoms with van der Waals surface area (Å²) in [5.74, 6) is 0.117. The Morgan fingerprint density at radius 2 is 1.62 bits per heavy atom. The Morgan fingerprint density at radius 3 is 2.24 bits per heavy atom. The van der Waals surface area contributed by atoms with E-state index in [0.29, 0.717) is 18.3 Å². The lowest BCUT2D eigenvalue weighted by Gasteiger charge is -2.65. The molecule has 50 heavy (non-hydrogen) atoms. The van der Waals surface area contributed by atoms with Gasteiger partial charge in [0.15, 0.2) is 12.4 Å². The third kappa shape index (κ3) is 4.44. The van der Waals surface area contributed by atoms with Crippen LogP contribution in [-0.4, -0.2) is 105 Å². The van der Waals surface area contributed by atoms with Crippen LogP contribution in [0.15, 0.2) is 0 Å². The van der Waals surface area contributed by atoms with Gasteiger partial charge in [-0.2, -0.15) is 0 Å². The van der Waals surface area contributed by atoms with Crippen molar-refractivity contribution in [3.63, 3.8) is 0 Å². The van der Waals surface area contributed by atoms with E-state index in [0.717, 1.165) is 38.5 Å². The van der Waals surface area contributed by atoms with Crippen molar-refractivity contribution in [3.8, 4) is 0 Å². The minimum absolute atomic E-state index is 0.00725. The van der Waals surface area contributed by atoms with E-state index in [2.05, 4.69) is 41.5 Å². The van der Waals surface area contributed by atoms with Crippen LogP contribution in [0.1, 0.15) is 107 Å². The van der Waals surface area contributed by atoms with Gasteiger partial charge in [-0.1, -0.05) is 41.5 Å². The number of carbonyl (C=O) groups excluding carboxylic acids is 1. The van der Waals surface area contributed by atoms with Crippen LogP contribution in [0.5, 0.6) is 0 Å². The van der Waals surface area contributed by atoms with Gasteiger partial charge in [-0.3, -0.25) is 4.79 Å². The average molecular weight is 711 g/mol.